The molecular weight excluding hydrogens is 275 g/mol. The summed E-state index contributed by atoms with van der Waals surface area (Å²) < 4.78 is 18.9. The van der Waals surface area contributed by atoms with Gasteiger partial charge in [-0.3, -0.25) is 4.79 Å². The van der Waals surface area contributed by atoms with Crippen molar-refractivity contribution in [3.8, 4) is 5.69 Å². The van der Waals surface area contributed by atoms with Gasteiger partial charge in [-0.25, -0.2) is 9.18 Å². The first-order chi connectivity index (χ1) is 9.04. The van der Waals surface area contributed by atoms with E-state index in [1.807, 2.05) is 0 Å². The van der Waals surface area contributed by atoms with Crippen molar-refractivity contribution >= 4 is 17.6 Å². The molecule has 0 atom stereocenters. The van der Waals surface area contributed by atoms with Crippen LogP contribution in [0.2, 0.25) is 5.02 Å². The first-order valence-electron chi connectivity index (χ1n) is 5.17. The molecule has 1 aromatic carbocycles. The summed E-state index contributed by atoms with van der Waals surface area (Å²) in [5.41, 5.74) is -0.982. The van der Waals surface area contributed by atoms with Crippen molar-refractivity contribution in [1.82, 2.24) is 9.78 Å². The summed E-state index contributed by atoms with van der Waals surface area (Å²) in [7, 11) is 1.15. The zero-order valence-corrected chi connectivity index (χ0v) is 10.5. The van der Waals surface area contributed by atoms with Crippen molar-refractivity contribution in [2.24, 2.45) is 0 Å². The van der Waals surface area contributed by atoms with Crippen molar-refractivity contribution in [1.29, 1.82) is 0 Å². The fourth-order valence-electron chi connectivity index (χ4n) is 1.47. The molecule has 0 bridgehead atoms. The summed E-state index contributed by atoms with van der Waals surface area (Å²) in [6.45, 7) is 0. The van der Waals surface area contributed by atoms with Gasteiger partial charge in [0.1, 0.15) is 11.5 Å². The van der Waals surface area contributed by atoms with Crippen molar-refractivity contribution in [3.63, 3.8) is 0 Å². The molecule has 0 amide bonds. The summed E-state index contributed by atoms with van der Waals surface area (Å²) in [5, 5.41) is 3.58. The minimum absolute atomic E-state index is 0.0747. The summed E-state index contributed by atoms with van der Waals surface area (Å²) in [4.78, 5) is 23.2. The highest BCUT2D eigenvalue weighted by Crippen LogP contribution is 2.14. The predicted molar refractivity (Wildman–Crippen MR) is 66.1 cm³/mol. The van der Waals surface area contributed by atoms with Gasteiger partial charge in [-0.1, -0.05) is 23.7 Å². The summed E-state index contributed by atoms with van der Waals surface area (Å²) >= 11 is 5.73. The van der Waals surface area contributed by atoms with Crippen molar-refractivity contribution < 1.29 is 13.9 Å². The Morgan fingerprint density at radius 1 is 1.42 bits per heavy atom. The van der Waals surface area contributed by atoms with E-state index in [1.165, 1.54) is 18.2 Å². The quantitative estimate of drug-likeness (QED) is 0.788. The number of esters is 1. The van der Waals surface area contributed by atoms with Gasteiger partial charge in [-0.2, -0.15) is 9.78 Å². The zero-order chi connectivity index (χ0) is 14.0. The standard InChI is InChI=1S/C12H8ClFN2O3/c1-19-12(18)11-7(13)6-10(17)16(15-11)9-5-3-2-4-8(9)14/h2-6H,1H3. The monoisotopic (exact) mass is 282 g/mol. The van der Waals surface area contributed by atoms with Crippen LogP contribution in [-0.4, -0.2) is 22.9 Å². The van der Waals surface area contributed by atoms with Crippen LogP contribution in [-0.2, 0) is 4.74 Å². The van der Waals surface area contributed by atoms with Gasteiger partial charge in [0, 0.05) is 6.07 Å². The number of nitrogens with zero attached hydrogens (tertiary/aromatic N) is 2. The minimum atomic E-state index is -0.810. The molecule has 0 unspecified atom stereocenters. The Labute approximate surface area is 112 Å². The highest BCUT2D eigenvalue weighted by atomic mass is 35.5. The highest BCUT2D eigenvalue weighted by Gasteiger charge is 2.17. The topological polar surface area (TPSA) is 61.2 Å². The lowest BCUT2D eigenvalue weighted by Gasteiger charge is -2.08. The maximum Gasteiger partial charge on any atom is 0.360 e. The first kappa shape index (κ1) is 13.2. The van der Waals surface area contributed by atoms with Gasteiger partial charge in [-0.15, -0.1) is 0 Å². The molecule has 98 valence electrons. The molecule has 0 radical (unpaired) electrons. The molecule has 0 aliphatic carbocycles. The molecule has 0 spiro atoms. The van der Waals surface area contributed by atoms with E-state index in [9.17, 15) is 14.0 Å². The number of halogens is 2. The molecule has 2 rings (SSSR count). The molecule has 0 aliphatic rings. The van der Waals surface area contributed by atoms with Crippen molar-refractivity contribution in [3.05, 3.63) is 57.2 Å². The van der Waals surface area contributed by atoms with E-state index in [0.717, 1.165) is 17.9 Å². The van der Waals surface area contributed by atoms with Gasteiger partial charge < -0.3 is 4.74 Å². The molecule has 0 aliphatic heterocycles. The molecule has 1 heterocycles. The Hall–Kier alpha value is -2.21. The minimum Gasteiger partial charge on any atom is -0.464 e. The Morgan fingerprint density at radius 2 is 2.11 bits per heavy atom. The van der Waals surface area contributed by atoms with Crippen LogP contribution in [0.5, 0.6) is 0 Å². The predicted octanol–water partition coefficient (Wildman–Crippen LogP) is 1.81. The number of benzene rings is 1. The Bertz CT molecular complexity index is 700. The number of carbonyl (C=O) groups is 1. The van der Waals surface area contributed by atoms with E-state index in [0.29, 0.717) is 0 Å². The molecule has 0 N–H and O–H groups in total. The van der Waals surface area contributed by atoms with Crippen molar-refractivity contribution in [2.45, 2.75) is 0 Å². The Balaban J connectivity index is 2.68. The second kappa shape index (κ2) is 5.19. The third kappa shape index (κ3) is 2.48. The number of rotatable bonds is 2. The summed E-state index contributed by atoms with van der Waals surface area (Å²) in [5.74, 6) is -1.45. The summed E-state index contributed by atoms with van der Waals surface area (Å²) in [6.07, 6.45) is 0. The van der Waals surface area contributed by atoms with Gasteiger partial charge in [0.15, 0.2) is 5.69 Å². The maximum atomic E-state index is 13.6. The Kier molecular flexibility index (Phi) is 3.62. The average Bonchev–Trinajstić information content (AvgIpc) is 2.39. The lowest BCUT2D eigenvalue weighted by Crippen LogP contribution is -2.24. The van der Waals surface area contributed by atoms with Crippen LogP contribution in [0.4, 0.5) is 4.39 Å². The smallest absolute Gasteiger partial charge is 0.360 e. The van der Waals surface area contributed by atoms with Gasteiger partial charge in [0.05, 0.1) is 12.1 Å². The van der Waals surface area contributed by atoms with Crippen LogP contribution in [0.25, 0.3) is 5.69 Å². The van der Waals surface area contributed by atoms with E-state index in [2.05, 4.69) is 9.84 Å². The molecular formula is C12H8ClFN2O3. The number of para-hydroxylation sites is 1. The number of ether oxygens (including phenoxy) is 1. The van der Waals surface area contributed by atoms with Crippen LogP contribution in [0.3, 0.4) is 0 Å². The Morgan fingerprint density at radius 3 is 2.74 bits per heavy atom. The van der Waals surface area contributed by atoms with Crippen LogP contribution in [0, 0.1) is 5.82 Å². The van der Waals surface area contributed by atoms with Crippen molar-refractivity contribution in [2.75, 3.05) is 7.11 Å². The lowest BCUT2D eigenvalue weighted by atomic mass is 10.3. The second-order valence-electron chi connectivity index (χ2n) is 3.53. The molecule has 0 saturated carbocycles. The van der Waals surface area contributed by atoms with Crippen LogP contribution in [0.1, 0.15) is 10.5 Å². The average molecular weight is 283 g/mol. The van der Waals surface area contributed by atoms with Gasteiger partial charge in [0.25, 0.3) is 5.56 Å². The lowest BCUT2D eigenvalue weighted by molar-refractivity contribution is 0.0592. The summed E-state index contributed by atoms with van der Waals surface area (Å²) in [6, 6.07) is 6.53. The van der Waals surface area contributed by atoms with E-state index in [1.54, 1.807) is 6.07 Å². The van der Waals surface area contributed by atoms with E-state index < -0.39 is 17.3 Å². The number of carbonyl (C=O) groups excluding carboxylic acids is 1. The van der Waals surface area contributed by atoms with E-state index in [4.69, 9.17) is 11.6 Å². The molecule has 0 saturated heterocycles. The number of aromatic nitrogens is 2. The first-order valence-corrected chi connectivity index (χ1v) is 5.55. The van der Waals surface area contributed by atoms with Crippen LogP contribution < -0.4 is 5.56 Å². The number of methoxy groups -OCH3 is 1. The third-order valence-electron chi connectivity index (χ3n) is 2.34. The fraction of sp³-hybridized carbons (Fsp3) is 0.0833. The van der Waals surface area contributed by atoms with Gasteiger partial charge in [0.2, 0.25) is 0 Å². The SMILES string of the molecule is COC(=O)c1nn(-c2ccccc2F)c(=O)cc1Cl. The third-order valence-corrected chi connectivity index (χ3v) is 2.63. The van der Waals surface area contributed by atoms with Crippen LogP contribution >= 0.6 is 11.6 Å². The molecule has 7 heteroatoms. The number of hydrogen-bond donors (Lipinski definition) is 0. The molecule has 5 nitrogen and oxygen atoms in total. The van der Waals surface area contributed by atoms with Crippen LogP contribution in [0.15, 0.2) is 35.1 Å². The van der Waals surface area contributed by atoms with Gasteiger partial charge in [-0.05, 0) is 12.1 Å². The number of hydrogen-bond acceptors (Lipinski definition) is 4. The highest BCUT2D eigenvalue weighted by molar-refractivity contribution is 6.33. The molecule has 0 fully saturated rings. The fourth-order valence-corrected chi connectivity index (χ4v) is 1.67. The molecule has 19 heavy (non-hydrogen) atoms. The maximum absolute atomic E-state index is 13.6. The molecule has 1 aromatic heterocycles. The second-order valence-corrected chi connectivity index (χ2v) is 3.94. The van der Waals surface area contributed by atoms with E-state index in [-0.39, 0.29) is 16.4 Å². The zero-order valence-electron chi connectivity index (χ0n) is 9.76. The molecule has 2 aromatic rings. The normalized spacial score (nSPS) is 10.3. The van der Waals surface area contributed by atoms with Gasteiger partial charge >= 0.3 is 5.97 Å². The largest absolute Gasteiger partial charge is 0.464 e. The van der Waals surface area contributed by atoms with E-state index >= 15 is 0 Å².